The van der Waals surface area contributed by atoms with E-state index < -0.39 is 5.97 Å². The molecule has 2 aromatic rings. The van der Waals surface area contributed by atoms with Gasteiger partial charge in [-0.15, -0.1) is 0 Å². The van der Waals surface area contributed by atoms with E-state index in [0.29, 0.717) is 41.2 Å². The van der Waals surface area contributed by atoms with Gasteiger partial charge in [-0.25, -0.2) is 4.79 Å². The Balaban J connectivity index is 1.54. The van der Waals surface area contributed by atoms with E-state index in [2.05, 4.69) is 12.4 Å². The van der Waals surface area contributed by atoms with Gasteiger partial charge in [0.1, 0.15) is 12.3 Å². The number of nitrogens with zero attached hydrogens (tertiary/aromatic N) is 1. The molecule has 36 heavy (non-hydrogen) atoms. The molecule has 192 valence electrons. The molecule has 0 unspecified atom stereocenters. The van der Waals surface area contributed by atoms with Crippen molar-refractivity contribution in [3.05, 3.63) is 65.4 Å². The summed E-state index contributed by atoms with van der Waals surface area (Å²) < 4.78 is 17.7. The number of nitrogens with one attached hydrogen (secondary N) is 1. The molecule has 2 heterocycles. The number of carbonyl (C=O) groups excluding carboxylic acids is 2. The van der Waals surface area contributed by atoms with Crippen LogP contribution in [0.2, 0.25) is 0 Å². The first-order valence-corrected chi connectivity index (χ1v) is 12.7. The number of hydrogen-bond acceptors (Lipinski definition) is 5. The fraction of sp³-hybridized carbons (Fsp3) is 0.448. The third-order valence-corrected chi connectivity index (χ3v) is 7.66. The van der Waals surface area contributed by atoms with Crippen LogP contribution in [0.3, 0.4) is 0 Å². The first-order valence-electron chi connectivity index (χ1n) is 12.7. The molecule has 2 aromatic carbocycles. The van der Waals surface area contributed by atoms with E-state index in [1.165, 1.54) is 32.4 Å². The maximum absolute atomic E-state index is 13.3. The number of esters is 1. The van der Waals surface area contributed by atoms with Gasteiger partial charge in [0.2, 0.25) is 0 Å². The standard InChI is InChI=1S/C29H36N2O5/c1-31-16-8-7-13-25(31)23(12-9-17-31)20-36-29(33)24(30-28(32)22-10-5-4-6-11-22)18-21-14-15-26(34-2)27(19-21)35-3/h4-6,10-11,14-15,18-19,23,25H,7-9,12-13,16-17,20H2,1-3H3/p+1/b24-18-/t23-,25+,31-/m0/s1. The molecule has 3 atom stereocenters. The summed E-state index contributed by atoms with van der Waals surface area (Å²) in [5.41, 5.74) is 1.24. The number of fused-ring (bicyclic) bond motifs is 1. The summed E-state index contributed by atoms with van der Waals surface area (Å²) in [5.74, 6) is 0.543. The summed E-state index contributed by atoms with van der Waals surface area (Å²) in [4.78, 5) is 26.2. The van der Waals surface area contributed by atoms with Crippen LogP contribution in [0.4, 0.5) is 0 Å². The van der Waals surface area contributed by atoms with Crippen molar-refractivity contribution >= 4 is 18.0 Å². The Morgan fingerprint density at radius 1 is 0.972 bits per heavy atom. The zero-order chi connectivity index (χ0) is 25.5. The lowest BCUT2D eigenvalue weighted by Gasteiger charge is -2.51. The van der Waals surface area contributed by atoms with Crippen LogP contribution in [-0.4, -0.2) is 63.4 Å². The van der Waals surface area contributed by atoms with E-state index in [-0.39, 0.29) is 11.6 Å². The number of hydrogen-bond donors (Lipinski definition) is 1. The van der Waals surface area contributed by atoms with Gasteiger partial charge in [0.15, 0.2) is 11.5 Å². The van der Waals surface area contributed by atoms with Crippen LogP contribution < -0.4 is 14.8 Å². The molecule has 0 radical (unpaired) electrons. The molecule has 0 spiro atoms. The highest BCUT2D eigenvalue weighted by atomic mass is 16.5. The lowest BCUT2D eigenvalue weighted by atomic mass is 9.82. The maximum Gasteiger partial charge on any atom is 0.354 e. The van der Waals surface area contributed by atoms with E-state index in [1.54, 1.807) is 62.8 Å². The maximum atomic E-state index is 13.3. The molecule has 1 amide bonds. The summed E-state index contributed by atoms with van der Waals surface area (Å²) in [6.45, 7) is 2.77. The number of ether oxygens (including phenoxy) is 3. The zero-order valence-corrected chi connectivity index (χ0v) is 21.5. The van der Waals surface area contributed by atoms with E-state index >= 15 is 0 Å². The van der Waals surface area contributed by atoms with Gasteiger partial charge in [0, 0.05) is 17.9 Å². The molecule has 0 aromatic heterocycles. The number of quaternary nitrogens is 1. The molecule has 1 N–H and O–H groups in total. The van der Waals surface area contributed by atoms with Crippen molar-refractivity contribution in [3.63, 3.8) is 0 Å². The van der Waals surface area contributed by atoms with Gasteiger partial charge >= 0.3 is 5.97 Å². The fourth-order valence-electron chi connectivity index (χ4n) is 5.73. The first kappa shape index (κ1) is 25.8. The fourth-order valence-corrected chi connectivity index (χ4v) is 5.73. The van der Waals surface area contributed by atoms with Crippen molar-refractivity contribution in [1.29, 1.82) is 0 Å². The lowest BCUT2D eigenvalue weighted by Crippen LogP contribution is -2.61. The topological polar surface area (TPSA) is 73.9 Å². The highest BCUT2D eigenvalue weighted by Crippen LogP contribution is 2.36. The number of benzene rings is 2. The van der Waals surface area contributed by atoms with Crippen LogP contribution in [0, 0.1) is 5.92 Å². The minimum absolute atomic E-state index is 0.0905. The molecule has 2 aliphatic rings. The third-order valence-electron chi connectivity index (χ3n) is 7.66. The Morgan fingerprint density at radius 3 is 2.47 bits per heavy atom. The molecule has 0 aliphatic carbocycles. The Morgan fingerprint density at radius 2 is 1.72 bits per heavy atom. The van der Waals surface area contributed by atoms with Crippen molar-refractivity contribution in [1.82, 2.24) is 5.32 Å². The lowest BCUT2D eigenvalue weighted by molar-refractivity contribution is -0.947. The second-order valence-electron chi connectivity index (χ2n) is 9.98. The highest BCUT2D eigenvalue weighted by molar-refractivity contribution is 6.03. The largest absolute Gasteiger partial charge is 0.493 e. The predicted octanol–water partition coefficient (Wildman–Crippen LogP) is 4.43. The van der Waals surface area contributed by atoms with E-state index in [1.807, 2.05) is 6.07 Å². The van der Waals surface area contributed by atoms with Gasteiger partial charge in [-0.2, -0.15) is 0 Å². The van der Waals surface area contributed by atoms with Crippen LogP contribution in [0.25, 0.3) is 6.08 Å². The van der Waals surface area contributed by atoms with Gasteiger partial charge in [-0.05, 0) is 61.6 Å². The van der Waals surface area contributed by atoms with Gasteiger partial charge in [-0.3, -0.25) is 4.79 Å². The number of methoxy groups -OCH3 is 2. The van der Waals surface area contributed by atoms with Gasteiger partial charge < -0.3 is 24.0 Å². The van der Waals surface area contributed by atoms with E-state index in [4.69, 9.17) is 14.2 Å². The Kier molecular flexibility index (Phi) is 8.31. The number of amides is 1. The summed E-state index contributed by atoms with van der Waals surface area (Å²) in [5, 5.41) is 2.77. The average molecular weight is 494 g/mol. The van der Waals surface area contributed by atoms with Gasteiger partial charge in [0.25, 0.3) is 5.91 Å². The molecular weight excluding hydrogens is 456 g/mol. The van der Waals surface area contributed by atoms with E-state index in [0.717, 1.165) is 17.3 Å². The molecular formula is C29H37N2O5+. The predicted molar refractivity (Wildman–Crippen MR) is 139 cm³/mol. The summed E-state index contributed by atoms with van der Waals surface area (Å²) in [6, 6.07) is 14.7. The second kappa shape index (κ2) is 11.6. The van der Waals surface area contributed by atoms with Crippen molar-refractivity contribution in [3.8, 4) is 11.5 Å². The van der Waals surface area contributed by atoms with Crippen LogP contribution in [0.1, 0.15) is 48.0 Å². The number of rotatable bonds is 8. The molecule has 7 heteroatoms. The summed E-state index contributed by atoms with van der Waals surface area (Å²) in [6.07, 6.45) is 7.51. The highest BCUT2D eigenvalue weighted by Gasteiger charge is 2.44. The monoisotopic (exact) mass is 493 g/mol. The molecule has 2 saturated heterocycles. The molecule has 2 fully saturated rings. The third kappa shape index (κ3) is 5.90. The molecule has 4 rings (SSSR count). The smallest absolute Gasteiger partial charge is 0.354 e. The number of carbonyl (C=O) groups is 2. The van der Waals surface area contributed by atoms with Crippen LogP contribution >= 0.6 is 0 Å². The SMILES string of the molecule is COc1ccc(/C=C(\NC(=O)c2ccccc2)C(=O)OC[C@@H]2CCC[N@+]3(C)CCCC[C@H]23)cc1OC. The normalized spacial score (nSPS) is 23.8. The van der Waals surface area contributed by atoms with Crippen molar-refractivity contribution in [2.75, 3.05) is 41.0 Å². The zero-order valence-electron chi connectivity index (χ0n) is 21.5. The molecule has 0 bridgehead atoms. The molecule has 0 saturated carbocycles. The second-order valence-corrected chi connectivity index (χ2v) is 9.98. The van der Waals surface area contributed by atoms with Crippen LogP contribution in [-0.2, 0) is 9.53 Å². The van der Waals surface area contributed by atoms with Crippen LogP contribution in [0.15, 0.2) is 54.2 Å². The summed E-state index contributed by atoms with van der Waals surface area (Å²) >= 11 is 0. The Labute approximate surface area is 213 Å². The summed E-state index contributed by atoms with van der Waals surface area (Å²) in [7, 11) is 5.47. The Hall–Kier alpha value is -3.32. The van der Waals surface area contributed by atoms with Crippen LogP contribution in [0.5, 0.6) is 11.5 Å². The quantitative estimate of drug-likeness (QED) is 0.335. The number of piperidine rings is 2. The Bertz CT molecular complexity index is 1100. The van der Waals surface area contributed by atoms with Gasteiger partial charge in [0.05, 0.1) is 40.4 Å². The minimum Gasteiger partial charge on any atom is -0.493 e. The van der Waals surface area contributed by atoms with Crippen molar-refractivity contribution < 1.29 is 28.3 Å². The van der Waals surface area contributed by atoms with Crippen molar-refractivity contribution in [2.45, 2.75) is 38.1 Å². The first-order chi connectivity index (χ1) is 17.4. The molecule has 7 nitrogen and oxygen atoms in total. The van der Waals surface area contributed by atoms with E-state index in [9.17, 15) is 9.59 Å². The molecule has 2 aliphatic heterocycles. The average Bonchev–Trinajstić information content (AvgIpc) is 2.91. The minimum atomic E-state index is -0.537. The van der Waals surface area contributed by atoms with Crippen molar-refractivity contribution in [2.24, 2.45) is 5.92 Å². The van der Waals surface area contributed by atoms with Gasteiger partial charge in [-0.1, -0.05) is 24.3 Å².